The van der Waals surface area contributed by atoms with Gasteiger partial charge >= 0.3 is 0 Å². The van der Waals surface area contributed by atoms with Crippen LogP contribution in [0.25, 0.3) is 0 Å². The maximum Gasteiger partial charge on any atom is 0.157 e. The Bertz CT molecular complexity index is 232. The summed E-state index contributed by atoms with van der Waals surface area (Å²) in [7, 11) is 1.47. The number of hydrogen-bond donors (Lipinski definition) is 1. The molecule has 3 nitrogen and oxygen atoms in total. The van der Waals surface area contributed by atoms with Crippen LogP contribution in [0.2, 0.25) is 0 Å². The Balaban J connectivity index is 2.62. The molecule has 1 rings (SSSR count). The van der Waals surface area contributed by atoms with Crippen molar-refractivity contribution in [3.05, 3.63) is 17.4 Å². The van der Waals surface area contributed by atoms with E-state index in [9.17, 15) is 0 Å². The molecule has 0 aliphatic rings. The minimum atomic E-state index is 0.395. The van der Waals surface area contributed by atoms with Crippen molar-refractivity contribution in [2.75, 3.05) is 7.11 Å². The normalized spacial score (nSPS) is 10.5. The van der Waals surface area contributed by atoms with E-state index in [0.717, 1.165) is 11.3 Å². The van der Waals surface area contributed by atoms with E-state index in [1.54, 1.807) is 6.07 Å². The molecule has 0 aromatic carbocycles. The number of rotatable bonds is 3. The van der Waals surface area contributed by atoms with Crippen molar-refractivity contribution >= 4 is 12.6 Å². The fourth-order valence-corrected chi connectivity index (χ4v) is 1.06. The largest absolute Gasteiger partial charge is 0.455 e. The Morgan fingerprint density at radius 2 is 2.36 bits per heavy atom. The monoisotopic (exact) mass is 174 g/mol. The van der Waals surface area contributed by atoms with Gasteiger partial charge in [0.05, 0.1) is 7.11 Å². The van der Waals surface area contributed by atoms with Gasteiger partial charge in [-0.3, -0.25) is 0 Å². The fourth-order valence-electron chi connectivity index (χ4n) is 0.768. The van der Waals surface area contributed by atoms with Crippen molar-refractivity contribution in [3.63, 3.8) is 0 Å². The van der Waals surface area contributed by atoms with Crippen LogP contribution in [-0.4, -0.2) is 7.11 Å². The van der Waals surface area contributed by atoms with Crippen LogP contribution in [0.5, 0.6) is 0 Å². The molecule has 1 heterocycles. The molecule has 0 spiro atoms. The lowest BCUT2D eigenvalue weighted by Crippen LogP contribution is -1.90. The highest BCUT2D eigenvalue weighted by atomic mass is 32.1. The predicted octanol–water partition coefficient (Wildman–Crippen LogP) is 1.95. The van der Waals surface area contributed by atoms with Crippen LogP contribution in [0.4, 0.5) is 0 Å². The fraction of sp³-hybridized carbons (Fsp3) is 0.429. The molecular weight excluding hydrogens is 164 g/mol. The lowest BCUT2D eigenvalue weighted by molar-refractivity contribution is -0.282. The first-order valence-corrected chi connectivity index (χ1v) is 3.62. The maximum absolute atomic E-state index is 5.14. The molecule has 0 bridgehead atoms. The molecule has 0 atom stereocenters. The SMILES string of the molecule is COOCc1cc(S)oc1C. The molecule has 0 N–H and O–H groups in total. The van der Waals surface area contributed by atoms with Crippen LogP contribution >= 0.6 is 12.6 Å². The third-order valence-corrected chi connectivity index (χ3v) is 1.56. The third-order valence-electron chi connectivity index (χ3n) is 1.34. The van der Waals surface area contributed by atoms with Crippen molar-refractivity contribution < 1.29 is 14.2 Å². The topological polar surface area (TPSA) is 31.6 Å². The van der Waals surface area contributed by atoms with E-state index < -0.39 is 0 Å². The summed E-state index contributed by atoms with van der Waals surface area (Å²) in [4.78, 5) is 9.16. The van der Waals surface area contributed by atoms with Gasteiger partial charge in [-0.2, -0.15) is 0 Å². The van der Waals surface area contributed by atoms with E-state index in [2.05, 4.69) is 17.5 Å². The number of hydrogen-bond acceptors (Lipinski definition) is 4. The van der Waals surface area contributed by atoms with Crippen molar-refractivity contribution in [3.8, 4) is 0 Å². The van der Waals surface area contributed by atoms with Crippen molar-refractivity contribution in [2.45, 2.75) is 18.6 Å². The number of aryl methyl sites for hydroxylation is 1. The number of furan rings is 1. The molecule has 0 radical (unpaired) electrons. The van der Waals surface area contributed by atoms with Gasteiger partial charge in [-0.05, 0) is 13.0 Å². The van der Waals surface area contributed by atoms with Gasteiger partial charge in [0.15, 0.2) is 5.09 Å². The Kier molecular flexibility index (Phi) is 2.99. The van der Waals surface area contributed by atoms with E-state index in [1.165, 1.54) is 7.11 Å². The quantitative estimate of drug-likeness (QED) is 0.432. The van der Waals surface area contributed by atoms with Crippen LogP contribution in [0, 0.1) is 6.92 Å². The molecule has 0 aliphatic heterocycles. The second-order valence-electron chi connectivity index (χ2n) is 2.09. The highest BCUT2D eigenvalue weighted by Gasteiger charge is 2.04. The van der Waals surface area contributed by atoms with Crippen LogP contribution in [-0.2, 0) is 16.4 Å². The van der Waals surface area contributed by atoms with Gasteiger partial charge in [0.25, 0.3) is 0 Å². The Morgan fingerprint density at radius 1 is 1.64 bits per heavy atom. The second-order valence-corrected chi connectivity index (χ2v) is 2.54. The van der Waals surface area contributed by atoms with E-state index in [4.69, 9.17) is 9.30 Å². The van der Waals surface area contributed by atoms with Crippen molar-refractivity contribution in [2.24, 2.45) is 0 Å². The van der Waals surface area contributed by atoms with Crippen LogP contribution in [0.1, 0.15) is 11.3 Å². The molecule has 11 heavy (non-hydrogen) atoms. The lowest BCUT2D eigenvalue weighted by Gasteiger charge is -1.96. The zero-order valence-electron chi connectivity index (χ0n) is 6.46. The first-order valence-electron chi connectivity index (χ1n) is 3.18. The highest BCUT2D eigenvalue weighted by molar-refractivity contribution is 7.80. The molecule has 62 valence electrons. The molecule has 1 aromatic heterocycles. The lowest BCUT2D eigenvalue weighted by atomic mass is 10.3. The molecule has 0 amide bonds. The molecule has 0 fully saturated rings. The van der Waals surface area contributed by atoms with Gasteiger partial charge in [-0.15, -0.1) is 12.6 Å². The number of thiol groups is 1. The zero-order valence-corrected chi connectivity index (χ0v) is 7.35. The molecular formula is C7H10O3S. The van der Waals surface area contributed by atoms with Gasteiger partial charge in [0, 0.05) is 5.56 Å². The summed E-state index contributed by atoms with van der Waals surface area (Å²) in [5.41, 5.74) is 0.955. The van der Waals surface area contributed by atoms with Crippen LogP contribution in [0.15, 0.2) is 15.6 Å². The van der Waals surface area contributed by atoms with Crippen molar-refractivity contribution in [1.82, 2.24) is 0 Å². The second kappa shape index (κ2) is 3.80. The first-order chi connectivity index (χ1) is 5.24. The molecule has 0 unspecified atom stereocenters. The summed E-state index contributed by atoms with van der Waals surface area (Å²) in [6.45, 7) is 2.25. The van der Waals surface area contributed by atoms with E-state index in [0.29, 0.717) is 11.7 Å². The Labute approximate surface area is 70.6 Å². The molecule has 0 saturated carbocycles. The summed E-state index contributed by atoms with van der Waals surface area (Å²) in [6, 6.07) is 1.80. The summed E-state index contributed by atoms with van der Waals surface area (Å²) in [6.07, 6.45) is 0. The van der Waals surface area contributed by atoms with Crippen LogP contribution < -0.4 is 0 Å². The predicted molar refractivity (Wildman–Crippen MR) is 42.5 cm³/mol. The average molecular weight is 174 g/mol. The summed E-state index contributed by atoms with van der Waals surface area (Å²) >= 11 is 4.03. The third kappa shape index (κ3) is 2.25. The maximum atomic E-state index is 5.14. The van der Waals surface area contributed by atoms with Crippen LogP contribution in [0.3, 0.4) is 0 Å². The summed E-state index contributed by atoms with van der Waals surface area (Å²) in [5.74, 6) is 0.812. The van der Waals surface area contributed by atoms with Gasteiger partial charge in [0.1, 0.15) is 12.4 Å². The highest BCUT2D eigenvalue weighted by Crippen LogP contribution is 2.17. The zero-order chi connectivity index (χ0) is 8.27. The van der Waals surface area contributed by atoms with Gasteiger partial charge in [-0.1, -0.05) is 0 Å². The molecule has 1 aromatic rings. The molecule has 0 saturated heterocycles. The van der Waals surface area contributed by atoms with E-state index in [1.807, 2.05) is 6.92 Å². The van der Waals surface area contributed by atoms with Gasteiger partial charge in [0.2, 0.25) is 0 Å². The van der Waals surface area contributed by atoms with Gasteiger partial charge < -0.3 is 4.42 Å². The van der Waals surface area contributed by atoms with Gasteiger partial charge in [-0.25, -0.2) is 9.78 Å². The molecule has 0 aliphatic carbocycles. The van der Waals surface area contributed by atoms with E-state index >= 15 is 0 Å². The Morgan fingerprint density at radius 3 is 2.82 bits per heavy atom. The summed E-state index contributed by atoms with van der Waals surface area (Å²) < 4.78 is 5.14. The minimum absolute atomic E-state index is 0.395. The summed E-state index contributed by atoms with van der Waals surface area (Å²) in [5, 5.41) is 0.595. The Hall–Kier alpha value is -0.450. The first kappa shape index (κ1) is 8.64. The smallest absolute Gasteiger partial charge is 0.157 e. The minimum Gasteiger partial charge on any atom is -0.455 e. The van der Waals surface area contributed by atoms with E-state index in [-0.39, 0.29) is 0 Å². The van der Waals surface area contributed by atoms with Crippen molar-refractivity contribution in [1.29, 1.82) is 0 Å². The standard InChI is InChI=1S/C7H10O3S/c1-5-6(4-9-8-2)3-7(11)10-5/h3,11H,4H2,1-2H3. The molecule has 4 heteroatoms. The average Bonchev–Trinajstić information content (AvgIpc) is 2.26.